The summed E-state index contributed by atoms with van der Waals surface area (Å²) in [5.74, 6) is 0. The highest BCUT2D eigenvalue weighted by Crippen LogP contribution is 2.20. The zero-order chi connectivity index (χ0) is 11.9. The highest BCUT2D eigenvalue weighted by Gasteiger charge is 2.07. The summed E-state index contributed by atoms with van der Waals surface area (Å²) < 4.78 is 1.93. The summed E-state index contributed by atoms with van der Waals surface area (Å²) in [6, 6.07) is 3.63. The predicted octanol–water partition coefficient (Wildman–Crippen LogP) is 3.04. The third-order valence-electron chi connectivity index (χ3n) is 2.50. The molecule has 2 rings (SSSR count). The van der Waals surface area contributed by atoms with Crippen LogP contribution in [0.2, 0.25) is 5.02 Å². The van der Waals surface area contributed by atoms with Gasteiger partial charge in [-0.05, 0) is 43.8 Å². The molecule has 0 radical (unpaired) electrons. The third-order valence-corrected chi connectivity index (χ3v) is 3.12. The van der Waals surface area contributed by atoms with Crippen molar-refractivity contribution in [3.8, 4) is 0 Å². The van der Waals surface area contributed by atoms with Crippen LogP contribution in [0.25, 0.3) is 10.9 Å². The second kappa shape index (κ2) is 4.03. The van der Waals surface area contributed by atoms with Crippen molar-refractivity contribution in [1.82, 2.24) is 9.55 Å². The van der Waals surface area contributed by atoms with Crippen LogP contribution >= 0.6 is 23.8 Å². The molecule has 0 spiro atoms. The Kier molecular flexibility index (Phi) is 2.86. The molecular formula is C11H11ClN2OS. The van der Waals surface area contributed by atoms with E-state index in [2.05, 4.69) is 4.98 Å². The number of fused-ring (bicyclic) bond motifs is 1. The van der Waals surface area contributed by atoms with Gasteiger partial charge in [0.15, 0.2) is 4.77 Å². The van der Waals surface area contributed by atoms with Crippen LogP contribution in [0.4, 0.5) is 0 Å². The summed E-state index contributed by atoms with van der Waals surface area (Å²) in [5.41, 5.74) is 1.49. The Morgan fingerprint density at radius 3 is 2.81 bits per heavy atom. The van der Waals surface area contributed by atoms with Gasteiger partial charge in [0.25, 0.3) is 5.56 Å². The van der Waals surface area contributed by atoms with Crippen LogP contribution in [-0.4, -0.2) is 9.55 Å². The zero-order valence-electron chi connectivity index (χ0n) is 9.00. The number of hydrogen-bond donors (Lipinski definition) is 1. The first kappa shape index (κ1) is 11.4. The molecule has 0 aliphatic rings. The number of aromatic nitrogens is 2. The maximum absolute atomic E-state index is 12.1. The minimum Gasteiger partial charge on any atom is -0.330 e. The van der Waals surface area contributed by atoms with Gasteiger partial charge in [0, 0.05) is 6.54 Å². The Balaban J connectivity index is 3.05. The van der Waals surface area contributed by atoms with Crippen molar-refractivity contribution in [2.24, 2.45) is 0 Å². The maximum atomic E-state index is 12.1. The summed E-state index contributed by atoms with van der Waals surface area (Å²) in [5, 5.41) is 1.11. The zero-order valence-corrected chi connectivity index (χ0v) is 10.6. The van der Waals surface area contributed by atoms with E-state index in [1.54, 1.807) is 0 Å². The first-order valence-electron chi connectivity index (χ1n) is 4.97. The highest BCUT2D eigenvalue weighted by atomic mass is 35.5. The van der Waals surface area contributed by atoms with Gasteiger partial charge < -0.3 is 4.98 Å². The van der Waals surface area contributed by atoms with E-state index in [0.717, 1.165) is 5.56 Å². The van der Waals surface area contributed by atoms with Crippen molar-refractivity contribution in [2.45, 2.75) is 20.4 Å². The molecule has 0 fully saturated rings. The van der Waals surface area contributed by atoms with Gasteiger partial charge >= 0.3 is 0 Å². The summed E-state index contributed by atoms with van der Waals surface area (Å²) in [6.45, 7) is 4.34. The first-order chi connectivity index (χ1) is 7.54. The van der Waals surface area contributed by atoms with Crippen molar-refractivity contribution in [1.29, 1.82) is 0 Å². The monoisotopic (exact) mass is 254 g/mol. The summed E-state index contributed by atoms with van der Waals surface area (Å²) in [4.78, 5) is 15.1. The number of hydrogen-bond acceptors (Lipinski definition) is 2. The second-order valence-corrected chi connectivity index (χ2v) is 4.44. The lowest BCUT2D eigenvalue weighted by molar-refractivity contribution is 0.704. The number of rotatable bonds is 1. The number of H-pyrrole nitrogens is 1. The Labute approximate surface area is 103 Å². The van der Waals surface area contributed by atoms with Crippen molar-refractivity contribution >= 4 is 34.7 Å². The fraction of sp³-hybridized carbons (Fsp3) is 0.273. The largest absolute Gasteiger partial charge is 0.330 e. The summed E-state index contributed by atoms with van der Waals surface area (Å²) in [6.07, 6.45) is 0. The standard InChI is InChI=1S/C11H11ClN2OS/c1-3-14-10(15)7-4-6(2)5-8(12)9(7)13-11(14)16/h4-5H,3H2,1-2H3,(H,13,16). The fourth-order valence-electron chi connectivity index (χ4n) is 1.74. The topological polar surface area (TPSA) is 37.8 Å². The molecule has 0 saturated heterocycles. The van der Waals surface area contributed by atoms with Crippen LogP contribution in [0.1, 0.15) is 12.5 Å². The molecule has 2 aromatic rings. The molecule has 5 heteroatoms. The molecule has 84 valence electrons. The summed E-state index contributed by atoms with van der Waals surface area (Å²) >= 11 is 11.2. The van der Waals surface area contributed by atoms with Gasteiger partial charge in [-0.3, -0.25) is 9.36 Å². The van der Waals surface area contributed by atoms with Gasteiger partial charge in [0.05, 0.1) is 15.9 Å². The lowest BCUT2D eigenvalue weighted by Crippen LogP contribution is -2.21. The van der Waals surface area contributed by atoms with Crippen LogP contribution in [-0.2, 0) is 6.54 Å². The van der Waals surface area contributed by atoms with Crippen molar-refractivity contribution in [3.05, 3.63) is 37.8 Å². The number of aryl methyl sites for hydroxylation is 1. The smallest absolute Gasteiger partial charge is 0.262 e. The van der Waals surface area contributed by atoms with E-state index in [0.29, 0.717) is 27.2 Å². The number of benzene rings is 1. The maximum Gasteiger partial charge on any atom is 0.262 e. The molecule has 1 aromatic heterocycles. The lowest BCUT2D eigenvalue weighted by Gasteiger charge is -2.07. The molecule has 0 aliphatic carbocycles. The molecule has 1 heterocycles. The highest BCUT2D eigenvalue weighted by molar-refractivity contribution is 7.71. The molecule has 0 saturated carbocycles. The average molecular weight is 255 g/mol. The molecule has 3 nitrogen and oxygen atoms in total. The molecule has 0 bridgehead atoms. The Morgan fingerprint density at radius 1 is 1.50 bits per heavy atom. The molecule has 16 heavy (non-hydrogen) atoms. The van der Waals surface area contributed by atoms with E-state index >= 15 is 0 Å². The molecular weight excluding hydrogens is 244 g/mol. The minimum atomic E-state index is -0.0909. The molecule has 1 N–H and O–H groups in total. The van der Waals surface area contributed by atoms with E-state index in [4.69, 9.17) is 23.8 Å². The van der Waals surface area contributed by atoms with E-state index in [1.165, 1.54) is 4.57 Å². The SMILES string of the molecule is CCn1c(=S)[nH]c2c(Cl)cc(C)cc2c1=O. The average Bonchev–Trinajstić information content (AvgIpc) is 2.21. The molecule has 1 aromatic carbocycles. The molecule has 0 unspecified atom stereocenters. The van der Waals surface area contributed by atoms with Crippen LogP contribution in [0.3, 0.4) is 0 Å². The Hall–Kier alpha value is -1.13. The van der Waals surface area contributed by atoms with Crippen molar-refractivity contribution in [3.63, 3.8) is 0 Å². The quantitative estimate of drug-likeness (QED) is 0.795. The van der Waals surface area contributed by atoms with Crippen LogP contribution < -0.4 is 5.56 Å². The van der Waals surface area contributed by atoms with Crippen molar-refractivity contribution < 1.29 is 0 Å². The predicted molar refractivity (Wildman–Crippen MR) is 68.8 cm³/mol. The van der Waals surface area contributed by atoms with E-state index in [1.807, 2.05) is 26.0 Å². The lowest BCUT2D eigenvalue weighted by atomic mass is 10.2. The fourth-order valence-corrected chi connectivity index (χ4v) is 2.37. The van der Waals surface area contributed by atoms with Gasteiger partial charge in [0.1, 0.15) is 0 Å². The Bertz CT molecular complexity index is 672. The third kappa shape index (κ3) is 1.68. The van der Waals surface area contributed by atoms with Crippen molar-refractivity contribution in [2.75, 3.05) is 0 Å². The number of nitrogens with zero attached hydrogens (tertiary/aromatic N) is 1. The van der Waals surface area contributed by atoms with Gasteiger partial charge in [0.2, 0.25) is 0 Å². The first-order valence-corrected chi connectivity index (χ1v) is 5.76. The number of nitrogens with one attached hydrogen (secondary N) is 1. The second-order valence-electron chi connectivity index (χ2n) is 3.65. The summed E-state index contributed by atoms with van der Waals surface area (Å²) in [7, 11) is 0. The molecule has 0 atom stereocenters. The van der Waals surface area contributed by atoms with E-state index in [9.17, 15) is 4.79 Å². The number of aromatic amines is 1. The minimum absolute atomic E-state index is 0.0909. The van der Waals surface area contributed by atoms with E-state index < -0.39 is 0 Å². The van der Waals surface area contributed by atoms with E-state index in [-0.39, 0.29) is 5.56 Å². The van der Waals surface area contributed by atoms with Gasteiger partial charge in [-0.1, -0.05) is 11.6 Å². The molecule has 0 amide bonds. The number of halogens is 1. The Morgan fingerprint density at radius 2 is 2.19 bits per heavy atom. The van der Waals surface area contributed by atoms with Crippen LogP contribution in [0.5, 0.6) is 0 Å². The van der Waals surface area contributed by atoms with Gasteiger partial charge in [-0.2, -0.15) is 0 Å². The van der Waals surface area contributed by atoms with Gasteiger partial charge in [-0.15, -0.1) is 0 Å². The molecule has 0 aliphatic heterocycles. The van der Waals surface area contributed by atoms with Crippen LogP contribution in [0, 0.1) is 11.7 Å². The normalized spacial score (nSPS) is 10.9. The van der Waals surface area contributed by atoms with Gasteiger partial charge in [-0.25, -0.2) is 0 Å². The van der Waals surface area contributed by atoms with Crippen LogP contribution in [0.15, 0.2) is 16.9 Å².